The molecule has 0 amide bonds. The average Bonchev–Trinajstić information content (AvgIpc) is 3.22. The summed E-state index contributed by atoms with van der Waals surface area (Å²) < 4.78 is 57.7. The third-order valence-electron chi connectivity index (χ3n) is 6.07. The van der Waals surface area contributed by atoms with Crippen molar-refractivity contribution in [3.8, 4) is 5.75 Å². The Morgan fingerprint density at radius 1 is 1.33 bits per heavy atom. The molecule has 0 radical (unpaired) electrons. The third-order valence-corrected chi connectivity index (χ3v) is 7.80. The molecule has 2 rings (SSSR count). The van der Waals surface area contributed by atoms with Gasteiger partial charge in [-0.15, -0.1) is 6.58 Å². The van der Waals surface area contributed by atoms with Gasteiger partial charge in [-0.05, 0) is 37.3 Å². The smallest absolute Gasteiger partial charge is 0.306 e. The second-order valence-electron chi connectivity index (χ2n) is 8.67. The maximum Gasteiger partial charge on any atom is 0.306 e. The van der Waals surface area contributed by atoms with Crippen molar-refractivity contribution in [1.82, 2.24) is 0 Å². The van der Waals surface area contributed by atoms with E-state index < -0.39 is 33.5 Å². The number of ether oxygens (including phenoxy) is 3. The van der Waals surface area contributed by atoms with Crippen molar-refractivity contribution < 1.29 is 31.8 Å². The molecule has 186 valence electrons. The Bertz CT molecular complexity index is 898. The van der Waals surface area contributed by atoms with Gasteiger partial charge in [0, 0.05) is 5.92 Å². The SMILES string of the molecule is C=CC[C@@H]1COC[C@@H]1Oc1c(S(=O)(=O)CCC(=O)OCC(CC)CCCC)ccc(C)c1F. The molecule has 3 atom stereocenters. The molecule has 6 nitrogen and oxygen atoms in total. The minimum Gasteiger partial charge on any atom is -0.483 e. The topological polar surface area (TPSA) is 78.9 Å². The number of carbonyl (C=O) groups excluding carboxylic acids is 1. The van der Waals surface area contributed by atoms with Gasteiger partial charge in [-0.3, -0.25) is 4.79 Å². The molecule has 33 heavy (non-hydrogen) atoms. The monoisotopic (exact) mass is 484 g/mol. The number of sulfone groups is 1. The van der Waals surface area contributed by atoms with E-state index in [2.05, 4.69) is 13.5 Å². The molecule has 0 saturated carbocycles. The van der Waals surface area contributed by atoms with E-state index in [0.29, 0.717) is 13.0 Å². The van der Waals surface area contributed by atoms with Crippen LogP contribution in [0.1, 0.15) is 57.9 Å². The summed E-state index contributed by atoms with van der Waals surface area (Å²) in [5, 5.41) is 0. The highest BCUT2D eigenvalue weighted by Gasteiger charge is 2.33. The molecule has 1 unspecified atom stereocenters. The first-order chi connectivity index (χ1) is 15.7. The van der Waals surface area contributed by atoms with Gasteiger partial charge in [-0.2, -0.15) is 0 Å². The largest absolute Gasteiger partial charge is 0.483 e. The zero-order chi connectivity index (χ0) is 24.4. The second kappa shape index (κ2) is 13.1. The lowest BCUT2D eigenvalue weighted by atomic mass is 10.0. The van der Waals surface area contributed by atoms with Crippen molar-refractivity contribution in [2.45, 2.75) is 70.3 Å². The number of benzene rings is 1. The fourth-order valence-corrected chi connectivity index (χ4v) is 5.15. The van der Waals surface area contributed by atoms with Crippen LogP contribution in [0.5, 0.6) is 5.75 Å². The van der Waals surface area contributed by atoms with Crippen LogP contribution in [0.3, 0.4) is 0 Å². The summed E-state index contributed by atoms with van der Waals surface area (Å²) in [6.45, 7) is 10.4. The molecule has 1 heterocycles. The highest BCUT2D eigenvalue weighted by atomic mass is 32.2. The Morgan fingerprint density at radius 2 is 2.09 bits per heavy atom. The molecule has 0 bridgehead atoms. The maximum absolute atomic E-state index is 15.0. The predicted molar refractivity (Wildman–Crippen MR) is 126 cm³/mol. The standard InChI is InChI=1S/C25H37FO6S/c1-5-8-10-19(7-3)15-31-23(27)13-14-33(28,29)22-12-11-18(4)24(26)25(22)32-21-17-30-16-20(21)9-6-2/h6,11-12,19-21H,2,5,7-10,13-17H2,1,3-4H3/t19?,20-,21+/m1/s1. The number of hydrogen-bond acceptors (Lipinski definition) is 6. The molecule has 1 aliphatic rings. The van der Waals surface area contributed by atoms with Gasteiger partial charge >= 0.3 is 5.97 Å². The van der Waals surface area contributed by atoms with Gasteiger partial charge in [0.25, 0.3) is 0 Å². The Hall–Kier alpha value is -1.93. The van der Waals surface area contributed by atoms with Gasteiger partial charge in [0.1, 0.15) is 11.0 Å². The lowest BCUT2D eigenvalue weighted by Gasteiger charge is -2.21. The van der Waals surface area contributed by atoms with E-state index in [-0.39, 0.29) is 47.7 Å². The van der Waals surface area contributed by atoms with Crippen molar-refractivity contribution in [3.63, 3.8) is 0 Å². The van der Waals surface area contributed by atoms with Crippen LogP contribution in [-0.2, 0) is 24.1 Å². The number of aryl methyl sites for hydroxylation is 1. The van der Waals surface area contributed by atoms with Crippen LogP contribution in [-0.4, -0.2) is 46.1 Å². The van der Waals surface area contributed by atoms with E-state index in [4.69, 9.17) is 14.2 Å². The van der Waals surface area contributed by atoms with Gasteiger partial charge in [0.05, 0.1) is 32.0 Å². The highest BCUT2D eigenvalue weighted by Crippen LogP contribution is 2.34. The minimum atomic E-state index is -3.98. The van der Waals surface area contributed by atoms with Crippen LogP contribution in [0.15, 0.2) is 29.7 Å². The first-order valence-electron chi connectivity index (χ1n) is 11.8. The van der Waals surface area contributed by atoms with Crippen molar-refractivity contribution in [2.24, 2.45) is 11.8 Å². The normalized spacial score (nSPS) is 19.3. The molecule has 1 aromatic rings. The molecule has 0 spiro atoms. The fourth-order valence-electron chi connectivity index (χ4n) is 3.79. The zero-order valence-corrected chi connectivity index (χ0v) is 20.8. The van der Waals surface area contributed by atoms with E-state index >= 15 is 0 Å². The average molecular weight is 485 g/mol. The van der Waals surface area contributed by atoms with Gasteiger partial charge in [0.2, 0.25) is 0 Å². The van der Waals surface area contributed by atoms with Gasteiger partial charge in [-0.25, -0.2) is 12.8 Å². The first-order valence-corrected chi connectivity index (χ1v) is 13.4. The lowest BCUT2D eigenvalue weighted by Crippen LogP contribution is -2.27. The molecule has 8 heteroatoms. The number of allylic oxidation sites excluding steroid dienone is 1. The lowest BCUT2D eigenvalue weighted by molar-refractivity contribution is -0.144. The molecule has 1 saturated heterocycles. The minimum absolute atomic E-state index is 0.0350. The van der Waals surface area contributed by atoms with E-state index in [0.717, 1.165) is 25.7 Å². The number of halogens is 1. The number of carbonyl (C=O) groups is 1. The molecule has 0 aliphatic carbocycles. The zero-order valence-electron chi connectivity index (χ0n) is 20.0. The van der Waals surface area contributed by atoms with Gasteiger partial charge in [-0.1, -0.05) is 45.3 Å². The molecule has 0 N–H and O–H groups in total. The van der Waals surface area contributed by atoms with E-state index in [1.54, 1.807) is 13.0 Å². The van der Waals surface area contributed by atoms with E-state index in [1.807, 2.05) is 6.92 Å². The van der Waals surface area contributed by atoms with Crippen LogP contribution in [0.2, 0.25) is 0 Å². The molecule has 1 aromatic carbocycles. The Morgan fingerprint density at radius 3 is 2.76 bits per heavy atom. The van der Waals surface area contributed by atoms with E-state index in [1.165, 1.54) is 12.1 Å². The summed E-state index contributed by atoms with van der Waals surface area (Å²) in [7, 11) is -3.98. The van der Waals surface area contributed by atoms with Crippen molar-refractivity contribution >= 4 is 15.8 Å². The van der Waals surface area contributed by atoms with Crippen LogP contribution >= 0.6 is 0 Å². The summed E-state index contributed by atoms with van der Waals surface area (Å²) in [5.74, 6) is -1.84. The summed E-state index contributed by atoms with van der Waals surface area (Å²) in [6, 6.07) is 2.74. The molecule has 1 aliphatic heterocycles. The second-order valence-corrected chi connectivity index (χ2v) is 10.7. The summed E-state index contributed by atoms with van der Waals surface area (Å²) in [4.78, 5) is 11.9. The maximum atomic E-state index is 15.0. The summed E-state index contributed by atoms with van der Waals surface area (Å²) in [5.41, 5.74) is 0.278. The van der Waals surface area contributed by atoms with Crippen LogP contribution in [0.25, 0.3) is 0 Å². The number of hydrogen-bond donors (Lipinski definition) is 0. The third kappa shape index (κ3) is 7.81. The summed E-state index contributed by atoms with van der Waals surface area (Å²) in [6.07, 6.45) is 5.57. The van der Waals surface area contributed by atoms with Crippen molar-refractivity contribution in [3.05, 3.63) is 36.2 Å². The number of rotatable bonds is 14. The van der Waals surface area contributed by atoms with E-state index in [9.17, 15) is 17.6 Å². The van der Waals surface area contributed by atoms with Crippen molar-refractivity contribution in [2.75, 3.05) is 25.6 Å². The van der Waals surface area contributed by atoms with Crippen LogP contribution in [0, 0.1) is 24.6 Å². The van der Waals surface area contributed by atoms with Crippen molar-refractivity contribution in [1.29, 1.82) is 0 Å². The predicted octanol–water partition coefficient (Wildman–Crippen LogP) is 5.03. The summed E-state index contributed by atoms with van der Waals surface area (Å²) >= 11 is 0. The quantitative estimate of drug-likeness (QED) is 0.272. The Balaban J connectivity index is 2.09. The van der Waals surface area contributed by atoms with Gasteiger partial charge in [0.15, 0.2) is 21.4 Å². The Kier molecular flexibility index (Phi) is 10.8. The molecule has 1 fully saturated rings. The van der Waals surface area contributed by atoms with Crippen LogP contribution in [0.4, 0.5) is 4.39 Å². The number of unbranched alkanes of at least 4 members (excludes halogenated alkanes) is 1. The fraction of sp³-hybridized carbons (Fsp3) is 0.640. The molecular weight excluding hydrogens is 447 g/mol. The van der Waals surface area contributed by atoms with Crippen LogP contribution < -0.4 is 4.74 Å². The molecule has 0 aromatic heterocycles. The Labute approximate surface area is 197 Å². The van der Waals surface area contributed by atoms with Gasteiger partial charge < -0.3 is 14.2 Å². The molecular formula is C25H37FO6S. The number of esters is 1. The highest BCUT2D eigenvalue weighted by molar-refractivity contribution is 7.91. The first kappa shape index (κ1) is 27.3.